The van der Waals surface area contributed by atoms with Crippen LogP contribution < -0.4 is 10.6 Å². The van der Waals surface area contributed by atoms with Gasteiger partial charge >= 0.3 is 0 Å². The highest BCUT2D eigenvalue weighted by molar-refractivity contribution is 7.90. The number of pyridine rings is 2. The number of nitrogens with zero attached hydrogens (tertiary/aromatic N) is 3. The molecule has 0 radical (unpaired) electrons. The lowest BCUT2D eigenvalue weighted by Gasteiger charge is -2.13. The Balaban J connectivity index is 1.79. The molecule has 0 saturated heterocycles. The fourth-order valence-corrected chi connectivity index (χ4v) is 4.88. The molecule has 1 aliphatic rings. The van der Waals surface area contributed by atoms with Gasteiger partial charge in [0.2, 0.25) is 5.91 Å². The summed E-state index contributed by atoms with van der Waals surface area (Å²) in [6.07, 6.45) is 3.50. The minimum atomic E-state index is -3.47. The van der Waals surface area contributed by atoms with Gasteiger partial charge in [0.25, 0.3) is 0 Å². The first-order valence-corrected chi connectivity index (χ1v) is 12.2. The summed E-state index contributed by atoms with van der Waals surface area (Å²) >= 11 is 1.52. The van der Waals surface area contributed by atoms with Crippen LogP contribution in [0.5, 0.6) is 0 Å². The number of amides is 1. The van der Waals surface area contributed by atoms with Crippen molar-refractivity contribution in [3.63, 3.8) is 0 Å². The molecule has 9 nitrogen and oxygen atoms in total. The Morgan fingerprint density at radius 1 is 1.19 bits per heavy atom. The predicted octanol–water partition coefficient (Wildman–Crippen LogP) is 3.09. The molecule has 162 valence electrons. The number of fused-ring (bicyclic) bond motifs is 1. The molecule has 0 spiro atoms. The number of carbonyl (C=O) groups is 1. The van der Waals surface area contributed by atoms with Crippen LogP contribution in [0.3, 0.4) is 0 Å². The number of ether oxygens (including phenoxy) is 1. The van der Waals surface area contributed by atoms with E-state index in [1.165, 1.54) is 24.3 Å². The highest BCUT2D eigenvalue weighted by Crippen LogP contribution is 2.36. The van der Waals surface area contributed by atoms with Gasteiger partial charge in [0.05, 0.1) is 35.0 Å². The van der Waals surface area contributed by atoms with Crippen LogP contribution in [-0.2, 0) is 32.4 Å². The van der Waals surface area contributed by atoms with Crippen molar-refractivity contribution in [3.05, 3.63) is 40.5 Å². The maximum atomic E-state index is 12.0. The Kier molecular flexibility index (Phi) is 5.73. The van der Waals surface area contributed by atoms with Crippen LogP contribution in [0.15, 0.2) is 29.4 Å². The van der Waals surface area contributed by atoms with E-state index in [1.807, 2.05) is 0 Å². The van der Waals surface area contributed by atoms with Gasteiger partial charge in [0.1, 0.15) is 16.6 Å². The lowest BCUT2D eigenvalue weighted by molar-refractivity contribution is -0.114. The van der Waals surface area contributed by atoms with Gasteiger partial charge in [-0.05, 0) is 24.6 Å². The van der Waals surface area contributed by atoms with E-state index in [-0.39, 0.29) is 10.9 Å². The topological polar surface area (TPSA) is 123 Å². The molecule has 1 aliphatic heterocycles. The zero-order chi connectivity index (χ0) is 22.2. The van der Waals surface area contributed by atoms with E-state index in [1.54, 1.807) is 25.3 Å². The monoisotopic (exact) mass is 459 g/mol. The molecule has 31 heavy (non-hydrogen) atoms. The Morgan fingerprint density at radius 2 is 2.00 bits per heavy atom. The summed E-state index contributed by atoms with van der Waals surface area (Å²) in [7, 11) is -3.47. The normalized spacial score (nSPS) is 13.5. The first kappa shape index (κ1) is 21.3. The molecule has 0 aliphatic carbocycles. The van der Waals surface area contributed by atoms with Gasteiger partial charge in [-0.25, -0.2) is 23.4 Å². The summed E-state index contributed by atoms with van der Waals surface area (Å²) < 4.78 is 29.5. The zero-order valence-corrected chi connectivity index (χ0v) is 18.9. The molecule has 2 N–H and O–H groups in total. The maximum Gasteiger partial charge on any atom is 0.222 e. The van der Waals surface area contributed by atoms with Crippen LogP contribution in [0.25, 0.3) is 10.6 Å². The first-order chi connectivity index (χ1) is 14.7. The van der Waals surface area contributed by atoms with Crippen LogP contribution in [0, 0.1) is 6.92 Å². The number of aromatic nitrogens is 3. The highest BCUT2D eigenvalue weighted by Gasteiger charge is 2.20. The van der Waals surface area contributed by atoms with Gasteiger partial charge in [-0.2, -0.15) is 0 Å². The van der Waals surface area contributed by atoms with E-state index in [0.29, 0.717) is 30.5 Å². The third-order valence-electron chi connectivity index (χ3n) is 4.52. The van der Waals surface area contributed by atoms with Crippen molar-refractivity contribution in [1.82, 2.24) is 15.0 Å². The lowest BCUT2D eigenvalue weighted by atomic mass is 10.2. The third kappa shape index (κ3) is 4.89. The van der Waals surface area contributed by atoms with Gasteiger partial charge in [-0.3, -0.25) is 4.79 Å². The number of aryl methyl sites for hydroxylation is 1. The Bertz CT molecular complexity index is 1250. The van der Waals surface area contributed by atoms with Crippen LogP contribution in [0.1, 0.15) is 23.1 Å². The second kappa shape index (κ2) is 8.33. The minimum absolute atomic E-state index is 0.0189. The van der Waals surface area contributed by atoms with Gasteiger partial charge in [0.15, 0.2) is 14.9 Å². The molecule has 11 heteroatoms. The van der Waals surface area contributed by atoms with Crippen molar-refractivity contribution >= 4 is 44.4 Å². The highest BCUT2D eigenvalue weighted by atomic mass is 32.2. The van der Waals surface area contributed by atoms with Crippen LogP contribution in [-0.4, -0.2) is 42.1 Å². The van der Waals surface area contributed by atoms with Crippen molar-refractivity contribution in [2.75, 3.05) is 23.5 Å². The van der Waals surface area contributed by atoms with Crippen LogP contribution in [0.4, 0.5) is 17.3 Å². The van der Waals surface area contributed by atoms with Crippen molar-refractivity contribution in [2.24, 2.45) is 0 Å². The number of hydrogen-bond donors (Lipinski definition) is 2. The summed E-state index contributed by atoms with van der Waals surface area (Å²) in [6, 6.07) is 4.95. The fourth-order valence-electron chi connectivity index (χ4n) is 3.15. The van der Waals surface area contributed by atoms with Crippen molar-refractivity contribution < 1.29 is 17.9 Å². The molecule has 0 fully saturated rings. The number of nitrogens with one attached hydrogen (secondary N) is 2. The van der Waals surface area contributed by atoms with E-state index in [2.05, 4.69) is 20.6 Å². The SMILES string of the molecule is CC(=O)Nc1cc(Nc2cc(C)cc(S(C)(=O)=O)n2)c(-c2nc3c(s2)COCC3)cn1. The summed E-state index contributed by atoms with van der Waals surface area (Å²) in [5, 5.41) is 6.59. The number of carbonyl (C=O) groups excluding carboxylic acids is 1. The molecule has 3 aromatic heterocycles. The number of sulfone groups is 1. The number of rotatable bonds is 5. The largest absolute Gasteiger partial charge is 0.375 e. The van der Waals surface area contributed by atoms with Crippen LogP contribution in [0.2, 0.25) is 0 Å². The molecule has 0 unspecified atom stereocenters. The number of anilines is 3. The molecular weight excluding hydrogens is 438 g/mol. The molecule has 4 heterocycles. The predicted molar refractivity (Wildman–Crippen MR) is 118 cm³/mol. The van der Waals surface area contributed by atoms with Crippen molar-refractivity contribution in [1.29, 1.82) is 0 Å². The van der Waals surface area contributed by atoms with E-state index in [4.69, 9.17) is 9.72 Å². The number of thiazole rings is 1. The second-order valence-corrected chi connectivity index (χ2v) is 10.3. The summed E-state index contributed by atoms with van der Waals surface area (Å²) in [4.78, 5) is 25.9. The van der Waals surface area contributed by atoms with Gasteiger partial charge in [-0.1, -0.05) is 0 Å². The third-order valence-corrected chi connectivity index (χ3v) is 6.60. The molecule has 0 saturated carbocycles. The van der Waals surface area contributed by atoms with E-state index in [0.717, 1.165) is 39.4 Å². The van der Waals surface area contributed by atoms with Gasteiger partial charge in [0, 0.05) is 31.9 Å². The maximum absolute atomic E-state index is 12.0. The molecule has 0 aromatic carbocycles. The van der Waals surface area contributed by atoms with Crippen molar-refractivity contribution in [2.45, 2.75) is 31.9 Å². The Hall–Kier alpha value is -2.89. The number of hydrogen-bond acceptors (Lipinski definition) is 9. The fraction of sp³-hybridized carbons (Fsp3) is 0.300. The average Bonchev–Trinajstić information content (AvgIpc) is 3.10. The Labute approximate surface area is 183 Å². The molecule has 3 aromatic rings. The molecule has 4 rings (SSSR count). The molecule has 1 amide bonds. The average molecular weight is 460 g/mol. The van der Waals surface area contributed by atoms with E-state index >= 15 is 0 Å². The standard InChI is InChI=1S/C20H21N5O4S2/c1-11-6-18(25-19(7-11)31(3,27)28)23-15-8-17(22-12(2)26)21-9-13(15)20-24-14-4-5-29-10-16(14)30-20/h6-9H,4-5,10H2,1-3H3,(H2,21,22,23,25,26). The minimum Gasteiger partial charge on any atom is -0.375 e. The second-order valence-electron chi connectivity index (χ2n) is 7.25. The molecule has 0 atom stereocenters. The summed E-state index contributed by atoms with van der Waals surface area (Å²) in [5.74, 6) is 0.479. The van der Waals surface area contributed by atoms with Crippen molar-refractivity contribution in [3.8, 4) is 10.6 Å². The quantitative estimate of drug-likeness (QED) is 0.597. The summed E-state index contributed by atoms with van der Waals surface area (Å²) in [5.41, 5.74) is 3.08. The van der Waals surface area contributed by atoms with Crippen LogP contribution >= 0.6 is 11.3 Å². The lowest BCUT2D eigenvalue weighted by Crippen LogP contribution is -2.09. The molecule has 0 bridgehead atoms. The summed E-state index contributed by atoms with van der Waals surface area (Å²) in [6.45, 7) is 4.37. The first-order valence-electron chi connectivity index (χ1n) is 9.49. The van der Waals surface area contributed by atoms with E-state index < -0.39 is 9.84 Å². The smallest absolute Gasteiger partial charge is 0.222 e. The Morgan fingerprint density at radius 3 is 2.71 bits per heavy atom. The van der Waals surface area contributed by atoms with Gasteiger partial charge in [-0.15, -0.1) is 11.3 Å². The van der Waals surface area contributed by atoms with Gasteiger partial charge < -0.3 is 15.4 Å². The zero-order valence-electron chi connectivity index (χ0n) is 17.2. The molecular formula is C20H21N5O4S2. The van der Waals surface area contributed by atoms with E-state index in [9.17, 15) is 13.2 Å².